The van der Waals surface area contributed by atoms with E-state index in [0.717, 1.165) is 4.83 Å². The molecule has 5 nitrogen and oxygen atoms in total. The molecule has 2 aromatic rings. The Kier molecular flexibility index (Phi) is 1.86. The average molecular weight is 217 g/mol. The van der Waals surface area contributed by atoms with Crippen LogP contribution in [0.2, 0.25) is 0 Å². The number of hydrogen-bond acceptors (Lipinski definition) is 4. The zero-order chi connectivity index (χ0) is 9.47. The van der Waals surface area contributed by atoms with Gasteiger partial charge >= 0.3 is 0 Å². The molecule has 0 atom stereocenters. The van der Waals surface area contributed by atoms with Gasteiger partial charge in [-0.2, -0.15) is 0 Å². The Morgan fingerprint density at radius 1 is 1.62 bits per heavy atom. The predicted octanol–water partition coefficient (Wildman–Crippen LogP) is 0.184. The van der Waals surface area contributed by atoms with Gasteiger partial charge in [0.2, 0.25) is 10.0 Å². The molecule has 0 amide bonds. The topological polar surface area (TPSA) is 77.5 Å². The standard InChI is InChI=1S/C6H7N3O2S2/c7-13(10,11)3-5-2-12-6-1-8-4-9(5)6/h1-2,4H,3H2,(H2,7,10,11). The number of rotatable bonds is 2. The van der Waals surface area contributed by atoms with Crippen LogP contribution in [0.15, 0.2) is 17.9 Å². The molecule has 0 aliphatic rings. The van der Waals surface area contributed by atoms with Gasteiger partial charge in [-0.05, 0) is 0 Å². The van der Waals surface area contributed by atoms with E-state index in [-0.39, 0.29) is 5.75 Å². The van der Waals surface area contributed by atoms with Gasteiger partial charge < -0.3 is 0 Å². The highest BCUT2D eigenvalue weighted by Crippen LogP contribution is 2.16. The molecule has 2 aromatic heterocycles. The number of primary sulfonamides is 1. The van der Waals surface area contributed by atoms with E-state index in [4.69, 9.17) is 5.14 Å². The van der Waals surface area contributed by atoms with Crippen molar-refractivity contribution >= 4 is 26.2 Å². The number of imidazole rings is 1. The first-order valence-electron chi connectivity index (χ1n) is 3.45. The van der Waals surface area contributed by atoms with E-state index >= 15 is 0 Å². The second-order valence-corrected chi connectivity index (χ2v) is 5.14. The lowest BCUT2D eigenvalue weighted by Gasteiger charge is -1.95. The van der Waals surface area contributed by atoms with Crippen LogP contribution in [0.3, 0.4) is 0 Å². The van der Waals surface area contributed by atoms with Gasteiger partial charge in [0.05, 0.1) is 11.9 Å². The maximum absolute atomic E-state index is 10.8. The van der Waals surface area contributed by atoms with E-state index in [1.165, 1.54) is 11.3 Å². The first kappa shape index (κ1) is 8.67. The Hall–Kier alpha value is -0.920. The van der Waals surface area contributed by atoms with Crippen LogP contribution in [0.25, 0.3) is 4.83 Å². The van der Waals surface area contributed by atoms with Gasteiger partial charge in [-0.15, -0.1) is 11.3 Å². The third-order valence-corrected chi connectivity index (χ3v) is 3.21. The van der Waals surface area contributed by atoms with Crippen LogP contribution < -0.4 is 5.14 Å². The number of fused-ring (bicyclic) bond motifs is 1. The van der Waals surface area contributed by atoms with Crippen LogP contribution in [-0.2, 0) is 15.8 Å². The van der Waals surface area contributed by atoms with Crippen molar-refractivity contribution in [3.8, 4) is 0 Å². The van der Waals surface area contributed by atoms with E-state index in [0.29, 0.717) is 5.69 Å². The molecule has 0 saturated heterocycles. The molecule has 0 aliphatic carbocycles. The highest BCUT2D eigenvalue weighted by molar-refractivity contribution is 7.88. The molecule has 0 bridgehead atoms. The summed E-state index contributed by atoms with van der Waals surface area (Å²) in [4.78, 5) is 4.81. The Bertz CT molecular complexity index is 525. The summed E-state index contributed by atoms with van der Waals surface area (Å²) in [6.07, 6.45) is 3.25. The third kappa shape index (κ3) is 1.71. The SMILES string of the molecule is NS(=O)(=O)Cc1csc2cncn12. The van der Waals surface area contributed by atoms with Crippen molar-refractivity contribution in [3.63, 3.8) is 0 Å². The van der Waals surface area contributed by atoms with E-state index in [1.54, 1.807) is 22.3 Å². The fourth-order valence-corrected chi connectivity index (χ4v) is 2.67. The minimum absolute atomic E-state index is 0.149. The molecule has 0 spiro atoms. The minimum Gasteiger partial charge on any atom is -0.293 e. The summed E-state index contributed by atoms with van der Waals surface area (Å²) < 4.78 is 23.3. The first-order chi connectivity index (χ1) is 6.06. The molecule has 0 unspecified atom stereocenters. The zero-order valence-electron chi connectivity index (χ0n) is 6.54. The monoisotopic (exact) mass is 217 g/mol. The van der Waals surface area contributed by atoms with Crippen molar-refractivity contribution in [2.24, 2.45) is 5.14 Å². The maximum Gasteiger partial charge on any atom is 0.214 e. The average Bonchev–Trinajstić information content (AvgIpc) is 2.50. The molecule has 70 valence electrons. The number of thiazole rings is 1. The molecular weight excluding hydrogens is 210 g/mol. The summed E-state index contributed by atoms with van der Waals surface area (Å²) >= 11 is 1.44. The van der Waals surface area contributed by atoms with Crippen LogP contribution in [0.4, 0.5) is 0 Å². The third-order valence-electron chi connectivity index (χ3n) is 1.58. The Morgan fingerprint density at radius 2 is 2.38 bits per heavy atom. The molecular formula is C6H7N3O2S2. The normalized spacial score (nSPS) is 12.4. The summed E-state index contributed by atoms with van der Waals surface area (Å²) in [5.41, 5.74) is 0.653. The largest absolute Gasteiger partial charge is 0.293 e. The Morgan fingerprint density at radius 3 is 3.08 bits per heavy atom. The van der Waals surface area contributed by atoms with Crippen LogP contribution in [0.1, 0.15) is 5.69 Å². The fraction of sp³-hybridized carbons (Fsp3) is 0.167. The molecule has 2 heterocycles. The van der Waals surface area contributed by atoms with Crippen molar-refractivity contribution in [2.45, 2.75) is 5.75 Å². The lowest BCUT2D eigenvalue weighted by atomic mass is 10.6. The van der Waals surface area contributed by atoms with Gasteiger partial charge in [0.15, 0.2) is 0 Å². The summed E-state index contributed by atoms with van der Waals surface area (Å²) in [6.45, 7) is 0. The molecule has 0 aliphatic heterocycles. The van der Waals surface area contributed by atoms with Crippen LogP contribution in [-0.4, -0.2) is 17.8 Å². The van der Waals surface area contributed by atoms with Gasteiger partial charge in [-0.1, -0.05) is 0 Å². The molecule has 0 fully saturated rings. The number of nitrogens with zero attached hydrogens (tertiary/aromatic N) is 2. The lowest BCUT2D eigenvalue weighted by Crippen LogP contribution is -2.15. The molecule has 2 rings (SSSR count). The number of sulfonamides is 1. The van der Waals surface area contributed by atoms with Crippen LogP contribution in [0.5, 0.6) is 0 Å². The summed E-state index contributed by atoms with van der Waals surface area (Å²) in [5, 5.41) is 6.69. The van der Waals surface area contributed by atoms with E-state index in [1.807, 2.05) is 0 Å². The molecule has 2 N–H and O–H groups in total. The zero-order valence-corrected chi connectivity index (χ0v) is 8.18. The maximum atomic E-state index is 10.8. The smallest absolute Gasteiger partial charge is 0.214 e. The van der Waals surface area contributed by atoms with Crippen molar-refractivity contribution in [2.75, 3.05) is 0 Å². The molecule has 0 radical (unpaired) electrons. The van der Waals surface area contributed by atoms with Crippen molar-refractivity contribution < 1.29 is 8.42 Å². The number of nitrogens with two attached hydrogens (primary N) is 1. The quantitative estimate of drug-likeness (QED) is 0.779. The van der Waals surface area contributed by atoms with Crippen LogP contribution in [0, 0.1) is 0 Å². The number of aromatic nitrogens is 2. The van der Waals surface area contributed by atoms with Crippen molar-refractivity contribution in [3.05, 3.63) is 23.6 Å². The molecule has 0 saturated carbocycles. The fourth-order valence-electron chi connectivity index (χ4n) is 1.08. The summed E-state index contributed by atoms with van der Waals surface area (Å²) in [6, 6.07) is 0. The predicted molar refractivity (Wildman–Crippen MR) is 49.9 cm³/mol. The number of hydrogen-bond donors (Lipinski definition) is 1. The highest BCUT2D eigenvalue weighted by Gasteiger charge is 2.09. The second-order valence-electron chi connectivity index (χ2n) is 2.64. The van der Waals surface area contributed by atoms with Gasteiger partial charge in [-0.25, -0.2) is 18.5 Å². The van der Waals surface area contributed by atoms with Crippen LogP contribution >= 0.6 is 11.3 Å². The van der Waals surface area contributed by atoms with E-state index in [9.17, 15) is 8.42 Å². The molecule has 13 heavy (non-hydrogen) atoms. The Balaban J connectivity index is 2.50. The van der Waals surface area contributed by atoms with Gasteiger partial charge in [-0.3, -0.25) is 4.40 Å². The molecule has 7 heteroatoms. The van der Waals surface area contributed by atoms with Gasteiger partial charge in [0.1, 0.15) is 16.9 Å². The summed E-state index contributed by atoms with van der Waals surface area (Å²) in [7, 11) is -3.46. The lowest BCUT2D eigenvalue weighted by molar-refractivity contribution is 0.596. The molecule has 0 aromatic carbocycles. The Labute approximate surface area is 78.9 Å². The summed E-state index contributed by atoms with van der Waals surface area (Å²) in [5.74, 6) is -0.149. The highest BCUT2D eigenvalue weighted by atomic mass is 32.2. The first-order valence-corrected chi connectivity index (χ1v) is 6.05. The minimum atomic E-state index is -3.46. The van der Waals surface area contributed by atoms with Gasteiger partial charge in [0, 0.05) is 5.38 Å². The van der Waals surface area contributed by atoms with Crippen molar-refractivity contribution in [1.29, 1.82) is 0 Å². The van der Waals surface area contributed by atoms with E-state index in [2.05, 4.69) is 4.98 Å². The second kappa shape index (κ2) is 2.79. The van der Waals surface area contributed by atoms with E-state index < -0.39 is 10.0 Å². The van der Waals surface area contributed by atoms with Gasteiger partial charge in [0.25, 0.3) is 0 Å². The van der Waals surface area contributed by atoms with Crippen molar-refractivity contribution in [1.82, 2.24) is 9.38 Å².